The van der Waals surface area contributed by atoms with Crippen LogP contribution in [-0.2, 0) is 4.79 Å². The molecule has 2 aromatic heterocycles. The summed E-state index contributed by atoms with van der Waals surface area (Å²) in [4.78, 5) is 37.6. The normalized spacial score (nSPS) is 17.6. The summed E-state index contributed by atoms with van der Waals surface area (Å²) in [7, 11) is 0. The van der Waals surface area contributed by atoms with Crippen LogP contribution in [0.5, 0.6) is 5.75 Å². The standard InChI is InChI=1S/C23H24N4O3/c1-16-15-26(23(29)18-6-4-10-24-14-18)12-13-27(16)22(28)17(2)30-21-9-3-8-20-19(21)7-5-11-25-20/h3-11,14,16-17H,12-13,15H2,1-2H3/t16-,17+/m1/s1. The number of fused-ring (bicyclic) bond motifs is 1. The molecule has 0 saturated carbocycles. The lowest BCUT2D eigenvalue weighted by molar-refractivity contribution is -0.142. The van der Waals surface area contributed by atoms with E-state index in [0.717, 1.165) is 10.9 Å². The lowest BCUT2D eigenvalue weighted by Gasteiger charge is -2.40. The molecular weight excluding hydrogens is 380 g/mol. The smallest absolute Gasteiger partial charge is 0.263 e. The van der Waals surface area contributed by atoms with Crippen LogP contribution in [0.15, 0.2) is 61.1 Å². The number of carbonyl (C=O) groups excluding carboxylic acids is 2. The largest absolute Gasteiger partial charge is 0.480 e. The summed E-state index contributed by atoms with van der Waals surface area (Å²) >= 11 is 0. The van der Waals surface area contributed by atoms with Crippen LogP contribution in [0.3, 0.4) is 0 Å². The molecule has 3 heterocycles. The van der Waals surface area contributed by atoms with Gasteiger partial charge in [0.15, 0.2) is 6.10 Å². The predicted octanol–water partition coefficient (Wildman–Crippen LogP) is 2.77. The predicted molar refractivity (Wildman–Crippen MR) is 113 cm³/mol. The van der Waals surface area contributed by atoms with E-state index in [0.29, 0.717) is 30.9 Å². The summed E-state index contributed by atoms with van der Waals surface area (Å²) in [6.07, 6.45) is 4.30. The lowest BCUT2D eigenvalue weighted by Crippen LogP contribution is -2.57. The van der Waals surface area contributed by atoms with Crippen molar-refractivity contribution in [3.63, 3.8) is 0 Å². The Morgan fingerprint density at radius 1 is 1.10 bits per heavy atom. The van der Waals surface area contributed by atoms with E-state index in [-0.39, 0.29) is 17.9 Å². The maximum atomic E-state index is 13.1. The van der Waals surface area contributed by atoms with Gasteiger partial charge in [0, 0.05) is 49.7 Å². The van der Waals surface area contributed by atoms with Gasteiger partial charge in [-0.15, -0.1) is 0 Å². The van der Waals surface area contributed by atoms with Gasteiger partial charge >= 0.3 is 0 Å². The maximum Gasteiger partial charge on any atom is 0.263 e. The number of benzene rings is 1. The molecule has 1 fully saturated rings. The number of hydrogen-bond acceptors (Lipinski definition) is 5. The first-order valence-electron chi connectivity index (χ1n) is 10.0. The Morgan fingerprint density at radius 2 is 1.93 bits per heavy atom. The van der Waals surface area contributed by atoms with E-state index in [2.05, 4.69) is 9.97 Å². The SMILES string of the molecule is C[C@H](Oc1cccc2ncccc12)C(=O)N1CCN(C(=O)c2cccnc2)C[C@H]1C. The highest BCUT2D eigenvalue weighted by atomic mass is 16.5. The second-order valence-electron chi connectivity index (χ2n) is 7.46. The fraction of sp³-hybridized carbons (Fsp3) is 0.304. The summed E-state index contributed by atoms with van der Waals surface area (Å²) in [6.45, 7) is 5.14. The van der Waals surface area contributed by atoms with Gasteiger partial charge < -0.3 is 14.5 Å². The van der Waals surface area contributed by atoms with Gasteiger partial charge in [-0.3, -0.25) is 19.6 Å². The first-order valence-corrected chi connectivity index (χ1v) is 10.0. The van der Waals surface area contributed by atoms with Gasteiger partial charge in [0.2, 0.25) is 0 Å². The molecule has 1 saturated heterocycles. The van der Waals surface area contributed by atoms with E-state index in [1.54, 1.807) is 47.4 Å². The van der Waals surface area contributed by atoms with Gasteiger partial charge in [-0.05, 0) is 50.2 Å². The Hall–Kier alpha value is -3.48. The molecule has 2 amide bonds. The topological polar surface area (TPSA) is 75.6 Å². The van der Waals surface area contributed by atoms with Gasteiger partial charge in [-0.2, -0.15) is 0 Å². The van der Waals surface area contributed by atoms with Crippen molar-refractivity contribution >= 4 is 22.7 Å². The number of carbonyl (C=O) groups is 2. The molecule has 0 bridgehead atoms. The van der Waals surface area contributed by atoms with Gasteiger partial charge in [0.05, 0.1) is 11.1 Å². The van der Waals surface area contributed by atoms with Crippen LogP contribution in [0, 0.1) is 0 Å². The zero-order valence-corrected chi connectivity index (χ0v) is 17.1. The summed E-state index contributed by atoms with van der Waals surface area (Å²) in [5, 5.41) is 0.875. The Bertz CT molecular complexity index is 1050. The van der Waals surface area contributed by atoms with Crippen LogP contribution < -0.4 is 4.74 Å². The van der Waals surface area contributed by atoms with E-state index in [1.807, 2.05) is 37.3 Å². The number of rotatable bonds is 4. The number of hydrogen-bond donors (Lipinski definition) is 0. The van der Waals surface area contributed by atoms with Crippen molar-refractivity contribution in [2.45, 2.75) is 26.0 Å². The van der Waals surface area contributed by atoms with Crippen molar-refractivity contribution in [3.05, 3.63) is 66.6 Å². The second-order valence-corrected chi connectivity index (χ2v) is 7.46. The van der Waals surface area contributed by atoms with E-state index in [9.17, 15) is 9.59 Å². The zero-order valence-electron chi connectivity index (χ0n) is 17.1. The van der Waals surface area contributed by atoms with Crippen molar-refractivity contribution in [3.8, 4) is 5.75 Å². The molecule has 0 aliphatic carbocycles. The van der Waals surface area contributed by atoms with Gasteiger partial charge in [-0.25, -0.2) is 0 Å². The molecule has 0 radical (unpaired) electrons. The highest BCUT2D eigenvalue weighted by Gasteiger charge is 2.33. The number of ether oxygens (including phenoxy) is 1. The zero-order chi connectivity index (χ0) is 21.1. The van der Waals surface area contributed by atoms with E-state index >= 15 is 0 Å². The molecule has 0 N–H and O–H groups in total. The number of nitrogens with zero attached hydrogens (tertiary/aromatic N) is 4. The highest BCUT2D eigenvalue weighted by Crippen LogP contribution is 2.25. The van der Waals surface area contributed by atoms with Crippen molar-refractivity contribution in [1.29, 1.82) is 0 Å². The molecule has 1 aromatic carbocycles. The molecule has 0 spiro atoms. The van der Waals surface area contributed by atoms with Gasteiger partial charge in [-0.1, -0.05) is 6.07 Å². The van der Waals surface area contributed by atoms with Gasteiger partial charge in [0.25, 0.3) is 11.8 Å². The minimum Gasteiger partial charge on any atom is -0.480 e. The van der Waals surface area contributed by atoms with Crippen molar-refractivity contribution in [2.24, 2.45) is 0 Å². The molecule has 7 nitrogen and oxygen atoms in total. The minimum absolute atomic E-state index is 0.0606. The molecule has 1 aliphatic heterocycles. The molecule has 154 valence electrons. The second kappa shape index (κ2) is 8.49. The van der Waals surface area contributed by atoms with Crippen molar-refractivity contribution in [2.75, 3.05) is 19.6 Å². The average Bonchev–Trinajstić information content (AvgIpc) is 2.79. The van der Waals surface area contributed by atoms with Crippen LogP contribution in [0.4, 0.5) is 0 Å². The van der Waals surface area contributed by atoms with E-state index < -0.39 is 6.10 Å². The van der Waals surface area contributed by atoms with E-state index in [4.69, 9.17) is 4.74 Å². The Morgan fingerprint density at radius 3 is 2.70 bits per heavy atom. The summed E-state index contributed by atoms with van der Waals surface area (Å²) < 4.78 is 6.01. The Labute approximate surface area is 175 Å². The number of piperazine rings is 1. The molecule has 3 aromatic rings. The van der Waals surface area contributed by atoms with Crippen molar-refractivity contribution in [1.82, 2.24) is 19.8 Å². The molecule has 0 unspecified atom stereocenters. The number of pyridine rings is 2. The quantitative estimate of drug-likeness (QED) is 0.668. The first kappa shape index (κ1) is 19.8. The molecule has 7 heteroatoms. The molecule has 30 heavy (non-hydrogen) atoms. The van der Waals surface area contributed by atoms with Crippen LogP contribution in [0.25, 0.3) is 10.9 Å². The van der Waals surface area contributed by atoms with Crippen LogP contribution in [0.2, 0.25) is 0 Å². The monoisotopic (exact) mass is 404 g/mol. The third-order valence-corrected chi connectivity index (χ3v) is 5.36. The first-order chi connectivity index (χ1) is 14.5. The fourth-order valence-electron chi connectivity index (χ4n) is 3.79. The third-order valence-electron chi connectivity index (χ3n) is 5.36. The minimum atomic E-state index is -0.640. The Kier molecular flexibility index (Phi) is 5.61. The van der Waals surface area contributed by atoms with Gasteiger partial charge in [0.1, 0.15) is 5.75 Å². The van der Waals surface area contributed by atoms with E-state index in [1.165, 1.54) is 0 Å². The highest BCUT2D eigenvalue weighted by molar-refractivity contribution is 5.94. The van der Waals surface area contributed by atoms with Crippen LogP contribution >= 0.6 is 0 Å². The number of aromatic nitrogens is 2. The Balaban J connectivity index is 1.42. The molecule has 1 aliphatic rings. The van der Waals surface area contributed by atoms with Crippen LogP contribution in [-0.4, -0.2) is 63.4 Å². The summed E-state index contributed by atoms with van der Waals surface area (Å²) in [5.41, 5.74) is 1.39. The third kappa shape index (κ3) is 3.96. The molecular formula is C23H24N4O3. The number of amides is 2. The molecule has 4 rings (SSSR count). The summed E-state index contributed by atoms with van der Waals surface area (Å²) in [5.74, 6) is 0.492. The van der Waals surface area contributed by atoms with Crippen molar-refractivity contribution < 1.29 is 14.3 Å². The fourth-order valence-corrected chi connectivity index (χ4v) is 3.79. The maximum absolute atomic E-state index is 13.1. The molecule has 2 atom stereocenters. The van der Waals surface area contributed by atoms with Crippen LogP contribution in [0.1, 0.15) is 24.2 Å². The average molecular weight is 404 g/mol. The lowest BCUT2D eigenvalue weighted by atomic mass is 10.1. The summed E-state index contributed by atoms with van der Waals surface area (Å²) in [6, 6.07) is 12.8.